The molecule has 0 bridgehead atoms. The lowest BCUT2D eigenvalue weighted by Crippen LogP contribution is -2.22. The van der Waals surface area contributed by atoms with Gasteiger partial charge in [-0.1, -0.05) is 18.8 Å². The first-order valence-electron chi connectivity index (χ1n) is 10.9. The van der Waals surface area contributed by atoms with Crippen LogP contribution in [0.5, 0.6) is 0 Å². The molecule has 36 heavy (non-hydrogen) atoms. The second kappa shape index (κ2) is 10.3. The van der Waals surface area contributed by atoms with E-state index in [0.29, 0.717) is 35.0 Å². The number of aromatic nitrogens is 4. The number of rotatable bonds is 5. The molecule has 0 saturated carbocycles. The van der Waals surface area contributed by atoms with Gasteiger partial charge < -0.3 is 0 Å². The smallest absolute Gasteiger partial charge is 0.261 e. The van der Waals surface area contributed by atoms with Gasteiger partial charge in [-0.25, -0.2) is 18.7 Å². The Bertz CT molecular complexity index is 1550. The zero-order valence-corrected chi connectivity index (χ0v) is 20.5. The number of pyridine rings is 2. The highest BCUT2D eigenvalue weighted by Crippen LogP contribution is 2.26. The molecular weight excluding hydrogens is 484 g/mol. The van der Waals surface area contributed by atoms with Crippen molar-refractivity contribution in [2.75, 3.05) is 4.72 Å². The second-order valence-electron chi connectivity index (χ2n) is 7.90. The first-order valence-corrected chi connectivity index (χ1v) is 12.4. The molecule has 0 aliphatic heterocycles. The average molecular weight is 507 g/mol. The Labute approximate surface area is 208 Å². The lowest BCUT2D eigenvalue weighted by molar-refractivity contribution is 0.490. The third-order valence-electron chi connectivity index (χ3n) is 5.30. The fourth-order valence-electron chi connectivity index (χ4n) is 3.39. The molecule has 2 N–H and O–H groups in total. The average Bonchev–Trinajstić information content (AvgIpc) is 2.84. The van der Waals surface area contributed by atoms with Gasteiger partial charge in [0.2, 0.25) is 0 Å². The van der Waals surface area contributed by atoms with Crippen molar-refractivity contribution in [2.45, 2.75) is 32.1 Å². The van der Waals surface area contributed by atoms with Gasteiger partial charge in [-0.2, -0.15) is 9.27 Å². The topological polar surface area (TPSA) is 101 Å². The molecule has 1 atom stereocenters. The molecule has 7 nitrogen and oxygen atoms in total. The van der Waals surface area contributed by atoms with Crippen LogP contribution in [0.1, 0.15) is 35.1 Å². The minimum atomic E-state index is -4.08. The minimum Gasteiger partial charge on any atom is -0.261 e. The molecule has 0 radical (unpaired) electrons. The Balaban J connectivity index is 1.71. The molecular formula is C26H22F2N5O2S+. The minimum absolute atomic E-state index is 0.181. The van der Waals surface area contributed by atoms with Crippen molar-refractivity contribution in [1.82, 2.24) is 19.9 Å². The van der Waals surface area contributed by atoms with Crippen LogP contribution in [0.2, 0.25) is 0 Å². The fraction of sp³-hybridized carbons (Fsp3) is 0.154. The molecule has 3 aromatic heterocycles. The van der Waals surface area contributed by atoms with Crippen molar-refractivity contribution in [3.05, 3.63) is 95.0 Å². The molecule has 0 saturated heterocycles. The van der Waals surface area contributed by atoms with E-state index >= 15 is 0 Å². The van der Waals surface area contributed by atoms with Gasteiger partial charge in [0.15, 0.2) is 5.82 Å². The standard InChI is InChI=1S/C26H21F2N5O2S/c1-4-23-21(26(32-15-31-23)19-7-5-16(2)29-14-19)9-6-18-11-24(17(3)30-13-18)33-36(34,35)25-10-8-20(27)12-22(25)28/h5,7-8,10-15H,4H2,1-3H3,(H-,33,34,35)/p+1. The number of benzene rings is 1. The lowest BCUT2D eigenvalue weighted by Gasteiger charge is -2.10. The van der Waals surface area contributed by atoms with Gasteiger partial charge in [-0.05, 0) is 48.7 Å². The third kappa shape index (κ3) is 5.43. The molecule has 4 rings (SSSR count). The highest BCUT2D eigenvalue weighted by molar-refractivity contribution is 7.99. The molecule has 0 amide bonds. The SMILES string of the molecule is CCc1ncnc(-c2ccc(C)nc2)c1C#Cc1cnc(C)c(N[S+](=O)(O)c2ccc(F)cc2F)c1. The zero-order valence-electron chi connectivity index (χ0n) is 19.7. The van der Waals surface area contributed by atoms with E-state index in [0.717, 1.165) is 29.1 Å². The maximum Gasteiger partial charge on any atom is 0.349 e. The van der Waals surface area contributed by atoms with Crippen molar-refractivity contribution in [3.8, 4) is 23.1 Å². The monoisotopic (exact) mass is 506 g/mol. The van der Waals surface area contributed by atoms with E-state index in [4.69, 9.17) is 0 Å². The summed E-state index contributed by atoms with van der Waals surface area (Å²) in [5.41, 5.74) is 4.74. The van der Waals surface area contributed by atoms with Crippen molar-refractivity contribution in [1.29, 1.82) is 0 Å². The summed E-state index contributed by atoms with van der Waals surface area (Å²) in [5.74, 6) is 4.15. The van der Waals surface area contributed by atoms with Crippen molar-refractivity contribution < 1.29 is 17.5 Å². The van der Waals surface area contributed by atoms with Crippen molar-refractivity contribution >= 4 is 16.1 Å². The fourth-order valence-corrected chi connectivity index (χ4v) is 4.58. The predicted molar refractivity (Wildman–Crippen MR) is 133 cm³/mol. The van der Waals surface area contributed by atoms with Crippen LogP contribution in [0.25, 0.3) is 11.3 Å². The largest absolute Gasteiger partial charge is 0.349 e. The van der Waals surface area contributed by atoms with Gasteiger partial charge >= 0.3 is 10.4 Å². The summed E-state index contributed by atoms with van der Waals surface area (Å²) in [6.07, 6.45) is 5.37. The van der Waals surface area contributed by atoms with Crippen LogP contribution in [-0.2, 0) is 21.0 Å². The van der Waals surface area contributed by atoms with E-state index in [9.17, 15) is 17.5 Å². The number of halogens is 2. The first kappa shape index (κ1) is 25.0. The predicted octanol–water partition coefficient (Wildman–Crippen LogP) is 5.15. The molecule has 1 unspecified atom stereocenters. The van der Waals surface area contributed by atoms with E-state index in [1.54, 1.807) is 13.1 Å². The van der Waals surface area contributed by atoms with Gasteiger partial charge in [0.05, 0.1) is 22.6 Å². The highest BCUT2D eigenvalue weighted by atomic mass is 32.3. The van der Waals surface area contributed by atoms with E-state index in [-0.39, 0.29) is 5.69 Å². The number of aryl methyl sites for hydroxylation is 3. The third-order valence-corrected chi connectivity index (χ3v) is 6.73. The summed E-state index contributed by atoms with van der Waals surface area (Å²) in [6, 6.07) is 7.73. The van der Waals surface area contributed by atoms with Crippen molar-refractivity contribution in [2.24, 2.45) is 0 Å². The quantitative estimate of drug-likeness (QED) is 0.287. The summed E-state index contributed by atoms with van der Waals surface area (Å²) < 4.78 is 53.1. The Hall–Kier alpha value is -4.07. The molecule has 3 heterocycles. The molecule has 10 heteroatoms. The van der Waals surface area contributed by atoms with Gasteiger partial charge in [0.25, 0.3) is 4.90 Å². The summed E-state index contributed by atoms with van der Waals surface area (Å²) >= 11 is 0. The first-order chi connectivity index (χ1) is 17.2. The molecule has 4 aromatic rings. The van der Waals surface area contributed by atoms with Gasteiger partial charge in [0, 0.05) is 41.3 Å². The van der Waals surface area contributed by atoms with Crippen LogP contribution < -0.4 is 4.72 Å². The Morgan fingerprint density at radius 3 is 2.50 bits per heavy atom. The number of hydrogen-bond donors (Lipinski definition) is 2. The maximum absolute atomic E-state index is 14.1. The molecule has 1 aromatic carbocycles. The summed E-state index contributed by atoms with van der Waals surface area (Å²) in [7, 11) is -4.08. The van der Waals surface area contributed by atoms with Crippen LogP contribution in [0.3, 0.4) is 0 Å². The van der Waals surface area contributed by atoms with Crippen LogP contribution >= 0.6 is 0 Å². The summed E-state index contributed by atoms with van der Waals surface area (Å²) in [5, 5.41) is 0. The molecule has 0 fully saturated rings. The maximum atomic E-state index is 14.1. The summed E-state index contributed by atoms with van der Waals surface area (Å²) in [4.78, 5) is 16.8. The number of anilines is 1. The van der Waals surface area contributed by atoms with Crippen LogP contribution in [0, 0.1) is 37.3 Å². The van der Waals surface area contributed by atoms with Crippen LogP contribution in [-0.4, -0.2) is 24.5 Å². The Morgan fingerprint density at radius 2 is 1.81 bits per heavy atom. The Kier molecular flexibility index (Phi) is 7.15. The molecule has 0 aliphatic rings. The second-order valence-corrected chi connectivity index (χ2v) is 9.59. The van der Waals surface area contributed by atoms with E-state index in [2.05, 4.69) is 36.5 Å². The van der Waals surface area contributed by atoms with Gasteiger partial charge in [-0.15, -0.1) is 0 Å². The van der Waals surface area contributed by atoms with Gasteiger partial charge in [0.1, 0.15) is 17.8 Å². The molecule has 0 aliphatic carbocycles. The number of nitrogens with one attached hydrogen (secondary N) is 1. The van der Waals surface area contributed by atoms with E-state index in [1.165, 1.54) is 18.6 Å². The zero-order chi connectivity index (χ0) is 25.9. The normalized spacial score (nSPS) is 12.4. The highest BCUT2D eigenvalue weighted by Gasteiger charge is 2.34. The van der Waals surface area contributed by atoms with Crippen LogP contribution in [0.4, 0.5) is 14.5 Å². The number of nitrogens with zero attached hydrogens (tertiary/aromatic N) is 4. The molecule has 0 spiro atoms. The van der Waals surface area contributed by atoms with E-state index < -0.39 is 26.9 Å². The lowest BCUT2D eigenvalue weighted by atomic mass is 10.0. The molecule has 182 valence electrons. The number of hydrogen-bond acceptors (Lipinski definition) is 5. The van der Waals surface area contributed by atoms with Gasteiger partial charge in [-0.3, -0.25) is 9.97 Å². The van der Waals surface area contributed by atoms with Crippen molar-refractivity contribution in [3.63, 3.8) is 0 Å². The summed E-state index contributed by atoms with van der Waals surface area (Å²) in [6.45, 7) is 5.48. The van der Waals surface area contributed by atoms with Crippen LogP contribution in [0.15, 0.2) is 60.0 Å². The van der Waals surface area contributed by atoms with E-state index in [1.807, 2.05) is 26.0 Å². The Morgan fingerprint density at radius 1 is 1.00 bits per heavy atom.